The van der Waals surface area contributed by atoms with Gasteiger partial charge in [-0.1, -0.05) is 28.4 Å². The molecule has 1 unspecified atom stereocenters. The maximum Gasteiger partial charge on any atom is 0.174 e. The van der Waals surface area contributed by atoms with Crippen molar-refractivity contribution in [3.63, 3.8) is 0 Å². The molecule has 6 nitrogen and oxygen atoms in total. The monoisotopic (exact) mass is 503 g/mol. The fourth-order valence-electron chi connectivity index (χ4n) is 4.30. The number of halogens is 3. The van der Waals surface area contributed by atoms with Crippen LogP contribution in [0.5, 0.6) is 11.5 Å². The minimum atomic E-state index is -0.699. The molecular formula is C25H24Cl2FN3O3. The maximum absolute atomic E-state index is 14.9. The van der Waals surface area contributed by atoms with Gasteiger partial charge >= 0.3 is 0 Å². The molecule has 1 aromatic heterocycles. The van der Waals surface area contributed by atoms with Crippen LogP contribution >= 0.6 is 23.2 Å². The molecule has 2 aromatic carbocycles. The molecule has 2 aliphatic rings. The van der Waals surface area contributed by atoms with Crippen molar-refractivity contribution >= 4 is 28.9 Å². The number of rotatable bonds is 6. The van der Waals surface area contributed by atoms with Crippen LogP contribution in [0, 0.1) is 5.82 Å². The van der Waals surface area contributed by atoms with Crippen LogP contribution in [0.15, 0.2) is 41.6 Å². The van der Waals surface area contributed by atoms with Gasteiger partial charge in [0.15, 0.2) is 11.4 Å². The summed E-state index contributed by atoms with van der Waals surface area (Å²) in [4.78, 5) is 5.71. The highest BCUT2D eigenvalue weighted by Crippen LogP contribution is 2.36. The first kappa shape index (κ1) is 23.0. The topological polar surface area (TPSA) is 57.9 Å². The average molecular weight is 504 g/mol. The fraction of sp³-hybridized carbons (Fsp3) is 0.360. The molecule has 0 spiro atoms. The third kappa shape index (κ3) is 4.34. The summed E-state index contributed by atoms with van der Waals surface area (Å²) in [5.74, 6) is 0.576. The largest absolute Gasteiger partial charge is 0.497 e. The number of oxime groups is 1. The van der Waals surface area contributed by atoms with Crippen molar-refractivity contribution in [2.24, 2.45) is 5.16 Å². The molecule has 178 valence electrons. The summed E-state index contributed by atoms with van der Waals surface area (Å²) in [6.07, 6.45) is 4.33. The Bertz CT molecular complexity index is 1260. The Labute approximate surface area is 207 Å². The van der Waals surface area contributed by atoms with Gasteiger partial charge in [0.25, 0.3) is 0 Å². The molecule has 0 amide bonds. The second-order valence-corrected chi connectivity index (χ2v) is 9.61. The van der Waals surface area contributed by atoms with Crippen molar-refractivity contribution in [3.8, 4) is 17.2 Å². The van der Waals surface area contributed by atoms with Gasteiger partial charge in [-0.15, -0.1) is 0 Å². The lowest BCUT2D eigenvalue weighted by Gasteiger charge is -2.22. The van der Waals surface area contributed by atoms with Crippen LogP contribution in [0.25, 0.3) is 5.69 Å². The standard InChI is InChI=1S/C25H24Cl2FN3O3/c1-25(13-21(30-34-25)15-7-9-16(32-2)10-8-15)14-33-23-12-22(19(28)11-18(23)26)31-24(27)17-5-3-4-6-20(17)29-31/h7-12H,3-6,13-14H2,1-2H3. The number of benzene rings is 2. The third-order valence-electron chi connectivity index (χ3n) is 6.20. The summed E-state index contributed by atoms with van der Waals surface area (Å²) in [6, 6.07) is 10.4. The van der Waals surface area contributed by atoms with Crippen LogP contribution in [0.2, 0.25) is 10.2 Å². The highest BCUT2D eigenvalue weighted by Gasteiger charge is 2.36. The van der Waals surface area contributed by atoms with E-state index in [4.69, 9.17) is 37.5 Å². The number of nitrogens with zero attached hydrogens (tertiary/aromatic N) is 3. The van der Waals surface area contributed by atoms with Crippen molar-refractivity contribution in [2.75, 3.05) is 13.7 Å². The van der Waals surface area contributed by atoms with Gasteiger partial charge in [-0.25, -0.2) is 9.07 Å². The molecule has 2 heterocycles. The van der Waals surface area contributed by atoms with Crippen molar-refractivity contribution in [2.45, 2.75) is 44.6 Å². The molecule has 0 saturated carbocycles. The van der Waals surface area contributed by atoms with Crippen molar-refractivity contribution in [1.82, 2.24) is 9.78 Å². The molecule has 3 aromatic rings. The summed E-state index contributed by atoms with van der Waals surface area (Å²) in [7, 11) is 1.63. The number of fused-ring (bicyclic) bond motifs is 1. The Balaban J connectivity index is 1.33. The molecule has 1 atom stereocenters. The van der Waals surface area contributed by atoms with E-state index in [0.717, 1.165) is 54.0 Å². The first-order valence-corrected chi connectivity index (χ1v) is 11.9. The van der Waals surface area contributed by atoms with Crippen LogP contribution in [0.4, 0.5) is 4.39 Å². The lowest BCUT2D eigenvalue weighted by molar-refractivity contribution is -0.0356. The zero-order valence-electron chi connectivity index (χ0n) is 18.9. The highest BCUT2D eigenvalue weighted by molar-refractivity contribution is 6.32. The molecule has 5 rings (SSSR count). The molecule has 0 bridgehead atoms. The van der Waals surface area contributed by atoms with Crippen LogP contribution in [-0.4, -0.2) is 34.8 Å². The van der Waals surface area contributed by atoms with E-state index in [0.29, 0.717) is 17.3 Å². The molecule has 0 radical (unpaired) electrons. The van der Waals surface area contributed by atoms with Crippen LogP contribution < -0.4 is 9.47 Å². The van der Waals surface area contributed by atoms with Gasteiger partial charge < -0.3 is 14.3 Å². The van der Waals surface area contributed by atoms with Crippen molar-refractivity contribution < 1.29 is 18.7 Å². The van der Waals surface area contributed by atoms with Gasteiger partial charge in [-0.3, -0.25) is 0 Å². The Hall–Kier alpha value is -2.77. The van der Waals surface area contributed by atoms with E-state index in [9.17, 15) is 4.39 Å². The number of hydrogen-bond donors (Lipinski definition) is 0. The quantitative estimate of drug-likeness (QED) is 0.403. The highest BCUT2D eigenvalue weighted by atomic mass is 35.5. The van der Waals surface area contributed by atoms with Gasteiger partial charge in [0.1, 0.15) is 28.9 Å². The van der Waals surface area contributed by atoms with Crippen LogP contribution in [-0.2, 0) is 17.7 Å². The van der Waals surface area contributed by atoms with E-state index in [2.05, 4.69) is 10.3 Å². The predicted molar refractivity (Wildman–Crippen MR) is 129 cm³/mol. The zero-order chi connectivity index (χ0) is 23.9. The first-order valence-electron chi connectivity index (χ1n) is 11.1. The summed E-state index contributed by atoms with van der Waals surface area (Å²) in [5.41, 5.74) is 3.17. The van der Waals surface area contributed by atoms with Gasteiger partial charge in [-0.05, 0) is 68.5 Å². The minimum absolute atomic E-state index is 0.159. The molecular weight excluding hydrogens is 480 g/mol. The Kier molecular flexibility index (Phi) is 6.16. The third-order valence-corrected chi connectivity index (χ3v) is 6.88. The summed E-state index contributed by atoms with van der Waals surface area (Å²) < 4.78 is 27.5. The Morgan fingerprint density at radius 3 is 2.65 bits per heavy atom. The van der Waals surface area contributed by atoms with Crippen LogP contribution in [0.3, 0.4) is 0 Å². The van der Waals surface area contributed by atoms with E-state index < -0.39 is 11.4 Å². The minimum Gasteiger partial charge on any atom is -0.497 e. The molecule has 0 N–H and O–H groups in total. The SMILES string of the molecule is COc1ccc(C2=NOC(C)(COc3cc(-n4nc5c(c4Cl)CCCC5)c(F)cc3Cl)C2)cc1. The maximum atomic E-state index is 14.9. The lowest BCUT2D eigenvalue weighted by Crippen LogP contribution is -2.33. The first-order chi connectivity index (χ1) is 16.4. The summed E-state index contributed by atoms with van der Waals surface area (Å²) in [5, 5.41) is 9.40. The van der Waals surface area contributed by atoms with Gasteiger partial charge in [-0.2, -0.15) is 5.10 Å². The average Bonchev–Trinajstić information content (AvgIpc) is 3.39. The van der Waals surface area contributed by atoms with E-state index in [1.165, 1.54) is 16.8 Å². The Morgan fingerprint density at radius 1 is 1.15 bits per heavy atom. The molecule has 1 aliphatic heterocycles. The number of aryl methyl sites for hydroxylation is 1. The smallest absolute Gasteiger partial charge is 0.174 e. The number of methoxy groups -OCH3 is 1. The fourth-order valence-corrected chi connectivity index (χ4v) is 4.83. The van der Waals surface area contributed by atoms with Crippen molar-refractivity contribution in [1.29, 1.82) is 0 Å². The molecule has 9 heteroatoms. The zero-order valence-corrected chi connectivity index (χ0v) is 20.4. The van der Waals surface area contributed by atoms with E-state index >= 15 is 0 Å². The summed E-state index contributed by atoms with van der Waals surface area (Å²) >= 11 is 12.9. The van der Waals surface area contributed by atoms with Gasteiger partial charge in [0, 0.05) is 18.1 Å². The second kappa shape index (κ2) is 9.12. The van der Waals surface area contributed by atoms with E-state index in [1.54, 1.807) is 7.11 Å². The number of aromatic nitrogens is 2. The summed E-state index contributed by atoms with van der Waals surface area (Å²) in [6.45, 7) is 2.08. The van der Waals surface area contributed by atoms with Gasteiger partial charge in [0.05, 0.1) is 23.5 Å². The second-order valence-electron chi connectivity index (χ2n) is 8.84. The normalized spacial score (nSPS) is 19.4. The number of ether oxygens (including phenoxy) is 2. The van der Waals surface area contributed by atoms with Crippen molar-refractivity contribution in [3.05, 3.63) is 69.2 Å². The van der Waals surface area contributed by atoms with E-state index in [1.807, 2.05) is 31.2 Å². The Morgan fingerprint density at radius 2 is 1.91 bits per heavy atom. The van der Waals surface area contributed by atoms with Crippen LogP contribution in [0.1, 0.15) is 43.0 Å². The molecule has 0 fully saturated rings. The lowest BCUT2D eigenvalue weighted by atomic mass is 9.96. The van der Waals surface area contributed by atoms with Gasteiger partial charge in [0.2, 0.25) is 0 Å². The van der Waals surface area contributed by atoms with E-state index in [-0.39, 0.29) is 17.3 Å². The molecule has 0 saturated heterocycles. The predicted octanol–water partition coefficient (Wildman–Crippen LogP) is 6.17. The molecule has 1 aliphatic carbocycles. The number of hydrogen-bond acceptors (Lipinski definition) is 5. The molecule has 34 heavy (non-hydrogen) atoms.